The summed E-state index contributed by atoms with van der Waals surface area (Å²) < 4.78 is 5.17. The monoisotopic (exact) mass is 338 g/mol. The number of carbonyl (C=O) groups excluding carboxylic acids is 1. The average Bonchev–Trinajstić information content (AvgIpc) is 2.42. The molecule has 4 nitrogen and oxygen atoms in total. The molecule has 0 unspecified atom stereocenters. The van der Waals surface area contributed by atoms with Crippen LogP contribution in [0.4, 0.5) is 0 Å². The van der Waals surface area contributed by atoms with Crippen molar-refractivity contribution in [1.82, 2.24) is 10.6 Å². The molecule has 1 saturated heterocycles. The number of carbonyl (C=O) groups is 1. The van der Waals surface area contributed by atoms with E-state index in [2.05, 4.69) is 10.6 Å². The molecule has 2 rings (SSSR count). The van der Waals surface area contributed by atoms with Gasteiger partial charge in [0.15, 0.2) is 0 Å². The fourth-order valence-electron chi connectivity index (χ4n) is 2.11. The highest BCUT2D eigenvalue weighted by Gasteiger charge is 2.20. The average molecular weight is 340 g/mol. The zero-order valence-corrected chi connectivity index (χ0v) is 13.4. The van der Waals surface area contributed by atoms with Crippen molar-refractivity contribution in [3.63, 3.8) is 0 Å². The number of hydrogen-bond acceptors (Lipinski definition) is 3. The van der Waals surface area contributed by atoms with Crippen molar-refractivity contribution in [2.75, 3.05) is 20.2 Å². The van der Waals surface area contributed by atoms with Crippen molar-refractivity contribution >= 4 is 41.5 Å². The minimum atomic E-state index is -0.191. The van der Waals surface area contributed by atoms with Crippen LogP contribution >= 0.6 is 35.6 Å². The lowest BCUT2D eigenvalue weighted by Gasteiger charge is -2.24. The van der Waals surface area contributed by atoms with Crippen LogP contribution < -0.4 is 15.4 Å². The Hall–Kier alpha value is -0.680. The molecule has 0 saturated carbocycles. The molecular formula is C13H17Cl3N2O2. The molecule has 2 N–H and O–H groups in total. The van der Waals surface area contributed by atoms with Crippen molar-refractivity contribution in [2.45, 2.75) is 18.9 Å². The van der Waals surface area contributed by atoms with Crippen molar-refractivity contribution < 1.29 is 9.53 Å². The number of ether oxygens (including phenoxy) is 1. The Kier molecular flexibility index (Phi) is 6.89. The molecule has 0 spiro atoms. The third-order valence-corrected chi connectivity index (χ3v) is 3.84. The second-order valence-corrected chi connectivity index (χ2v) is 5.30. The molecule has 0 radical (unpaired) electrons. The van der Waals surface area contributed by atoms with Crippen LogP contribution in [0.25, 0.3) is 0 Å². The van der Waals surface area contributed by atoms with Crippen LogP contribution in [0.2, 0.25) is 10.0 Å². The quantitative estimate of drug-likeness (QED) is 0.890. The molecule has 1 aromatic rings. The van der Waals surface area contributed by atoms with Crippen LogP contribution in [0.15, 0.2) is 12.1 Å². The van der Waals surface area contributed by atoms with Gasteiger partial charge in [0, 0.05) is 18.7 Å². The smallest absolute Gasteiger partial charge is 0.255 e. The van der Waals surface area contributed by atoms with Crippen LogP contribution in [0.5, 0.6) is 5.75 Å². The predicted octanol–water partition coefficient (Wildman–Crippen LogP) is 2.91. The van der Waals surface area contributed by atoms with Gasteiger partial charge in [0.2, 0.25) is 0 Å². The first-order valence-electron chi connectivity index (χ1n) is 6.16. The number of rotatable bonds is 3. The molecule has 1 amide bonds. The number of methoxy groups -OCH3 is 1. The van der Waals surface area contributed by atoms with E-state index in [1.165, 1.54) is 13.2 Å². The van der Waals surface area contributed by atoms with Crippen molar-refractivity contribution in [1.29, 1.82) is 0 Å². The van der Waals surface area contributed by atoms with E-state index in [0.717, 1.165) is 25.9 Å². The Morgan fingerprint density at radius 2 is 2.10 bits per heavy atom. The Balaban J connectivity index is 0.00000200. The van der Waals surface area contributed by atoms with E-state index in [9.17, 15) is 4.79 Å². The molecule has 20 heavy (non-hydrogen) atoms. The van der Waals surface area contributed by atoms with Crippen LogP contribution in [-0.2, 0) is 0 Å². The van der Waals surface area contributed by atoms with E-state index >= 15 is 0 Å². The maximum Gasteiger partial charge on any atom is 0.255 e. The van der Waals surface area contributed by atoms with Crippen LogP contribution in [0.3, 0.4) is 0 Å². The summed E-state index contributed by atoms with van der Waals surface area (Å²) in [4.78, 5) is 12.2. The second-order valence-electron chi connectivity index (χ2n) is 4.48. The van der Waals surface area contributed by atoms with Gasteiger partial charge in [-0.15, -0.1) is 12.4 Å². The van der Waals surface area contributed by atoms with Gasteiger partial charge in [0.05, 0.1) is 22.7 Å². The molecule has 1 heterocycles. The van der Waals surface area contributed by atoms with Gasteiger partial charge in [-0.05, 0) is 25.5 Å². The number of nitrogens with one attached hydrogen (secondary N) is 2. The fourth-order valence-corrected chi connectivity index (χ4v) is 2.43. The van der Waals surface area contributed by atoms with Gasteiger partial charge >= 0.3 is 0 Å². The third-order valence-electron chi connectivity index (χ3n) is 3.12. The lowest BCUT2D eigenvalue weighted by molar-refractivity contribution is 0.0927. The minimum absolute atomic E-state index is 0. The molecule has 7 heteroatoms. The first-order valence-corrected chi connectivity index (χ1v) is 6.92. The summed E-state index contributed by atoms with van der Waals surface area (Å²) >= 11 is 11.9. The molecule has 1 aromatic carbocycles. The normalized spacial score (nSPS) is 18.1. The summed E-state index contributed by atoms with van der Waals surface area (Å²) in [6, 6.07) is 3.23. The van der Waals surface area contributed by atoms with Gasteiger partial charge in [0.1, 0.15) is 5.75 Å². The third kappa shape index (κ3) is 4.16. The molecule has 1 fully saturated rings. The van der Waals surface area contributed by atoms with E-state index in [4.69, 9.17) is 27.9 Å². The number of piperidine rings is 1. The fraction of sp³-hybridized carbons (Fsp3) is 0.462. The largest absolute Gasteiger partial charge is 0.496 e. The molecule has 1 aliphatic heterocycles. The van der Waals surface area contributed by atoms with E-state index < -0.39 is 0 Å². The van der Waals surface area contributed by atoms with E-state index in [0.29, 0.717) is 21.4 Å². The summed E-state index contributed by atoms with van der Waals surface area (Å²) in [5, 5.41) is 6.93. The molecule has 112 valence electrons. The van der Waals surface area contributed by atoms with Crippen molar-refractivity contribution in [2.24, 2.45) is 0 Å². The number of halogens is 3. The maximum atomic E-state index is 12.2. The molecule has 1 atom stereocenters. The van der Waals surface area contributed by atoms with Gasteiger partial charge in [-0.1, -0.05) is 23.2 Å². The molecular weight excluding hydrogens is 323 g/mol. The summed E-state index contributed by atoms with van der Waals surface area (Å²) in [7, 11) is 1.50. The first-order chi connectivity index (χ1) is 9.11. The minimum Gasteiger partial charge on any atom is -0.496 e. The summed E-state index contributed by atoms with van der Waals surface area (Å²) in [5.41, 5.74) is 0.405. The molecule has 0 bridgehead atoms. The Morgan fingerprint density at radius 3 is 2.70 bits per heavy atom. The van der Waals surface area contributed by atoms with Crippen LogP contribution in [-0.4, -0.2) is 32.1 Å². The molecule has 0 aromatic heterocycles. The van der Waals surface area contributed by atoms with Gasteiger partial charge in [-0.3, -0.25) is 4.79 Å². The molecule has 1 aliphatic rings. The van der Waals surface area contributed by atoms with E-state index in [-0.39, 0.29) is 24.4 Å². The lowest BCUT2D eigenvalue weighted by atomic mass is 10.1. The SMILES string of the molecule is COc1cc(Cl)c(Cl)cc1C(=O)N[C@H]1CCCNC1.Cl. The van der Waals surface area contributed by atoms with Gasteiger partial charge in [0.25, 0.3) is 5.91 Å². The molecule has 0 aliphatic carbocycles. The van der Waals surface area contributed by atoms with Crippen LogP contribution in [0.1, 0.15) is 23.2 Å². The standard InChI is InChI=1S/C13H16Cl2N2O2.ClH/c1-19-12-6-11(15)10(14)5-9(12)13(18)17-8-3-2-4-16-7-8;/h5-6,8,16H,2-4,7H2,1H3,(H,17,18);1H/t8-;/m0./s1. The van der Waals surface area contributed by atoms with Gasteiger partial charge in [-0.2, -0.15) is 0 Å². The van der Waals surface area contributed by atoms with Crippen molar-refractivity contribution in [3.8, 4) is 5.75 Å². The summed E-state index contributed by atoms with van der Waals surface area (Å²) in [5.74, 6) is 0.236. The predicted molar refractivity (Wildman–Crippen MR) is 83.6 cm³/mol. The van der Waals surface area contributed by atoms with E-state index in [1.54, 1.807) is 6.07 Å². The van der Waals surface area contributed by atoms with E-state index in [1.807, 2.05) is 0 Å². The Morgan fingerprint density at radius 1 is 1.40 bits per heavy atom. The first kappa shape index (κ1) is 17.4. The number of amides is 1. The summed E-state index contributed by atoms with van der Waals surface area (Å²) in [6.07, 6.45) is 2.03. The zero-order valence-electron chi connectivity index (χ0n) is 11.0. The Bertz CT molecular complexity index is 477. The second kappa shape index (κ2) is 7.93. The van der Waals surface area contributed by atoms with Crippen LogP contribution in [0, 0.1) is 0 Å². The van der Waals surface area contributed by atoms with Crippen molar-refractivity contribution in [3.05, 3.63) is 27.7 Å². The highest BCUT2D eigenvalue weighted by Crippen LogP contribution is 2.30. The summed E-state index contributed by atoms with van der Waals surface area (Å²) in [6.45, 7) is 1.79. The van der Waals surface area contributed by atoms with Gasteiger partial charge < -0.3 is 15.4 Å². The zero-order chi connectivity index (χ0) is 13.8. The highest BCUT2D eigenvalue weighted by atomic mass is 35.5. The Labute approximate surface area is 134 Å². The van der Waals surface area contributed by atoms with Gasteiger partial charge in [-0.25, -0.2) is 0 Å². The maximum absolute atomic E-state index is 12.2. The lowest BCUT2D eigenvalue weighted by Crippen LogP contribution is -2.45. The topological polar surface area (TPSA) is 50.4 Å². The highest BCUT2D eigenvalue weighted by molar-refractivity contribution is 6.42. The number of hydrogen-bond donors (Lipinski definition) is 2. The number of benzene rings is 1.